The van der Waals surface area contributed by atoms with Crippen molar-refractivity contribution in [2.24, 2.45) is 11.8 Å². The van der Waals surface area contributed by atoms with Crippen molar-refractivity contribution < 1.29 is 24.5 Å². The molecule has 0 radical (unpaired) electrons. The molecule has 1 aliphatic rings. The van der Waals surface area contributed by atoms with Gasteiger partial charge in [0.2, 0.25) is 0 Å². The largest absolute Gasteiger partial charge is 0.497 e. The van der Waals surface area contributed by atoms with E-state index in [2.05, 4.69) is 20.8 Å². The summed E-state index contributed by atoms with van der Waals surface area (Å²) in [5.74, 6) is 2.05. The van der Waals surface area contributed by atoms with Crippen LogP contribution in [0.25, 0.3) is 0 Å². The first kappa shape index (κ1) is 29.1. The topological polar surface area (TPSA) is 76.0 Å². The number of carbonyl (C=O) groups excluding carboxylic acids is 1. The summed E-state index contributed by atoms with van der Waals surface area (Å²) < 4.78 is 10.7. The van der Waals surface area contributed by atoms with Gasteiger partial charge in [-0.1, -0.05) is 65.0 Å². The summed E-state index contributed by atoms with van der Waals surface area (Å²) in [6.07, 6.45) is 13.0. The fraction of sp³-hybridized carbons (Fsp3) is 0.808. The summed E-state index contributed by atoms with van der Waals surface area (Å²) >= 11 is 1.75. The predicted molar refractivity (Wildman–Crippen MR) is 133 cm³/mol. The van der Waals surface area contributed by atoms with Crippen LogP contribution in [-0.4, -0.2) is 47.9 Å². The Labute approximate surface area is 200 Å². The number of hydrogen-bond acceptors (Lipinski definition) is 6. The van der Waals surface area contributed by atoms with Crippen molar-refractivity contribution in [1.29, 1.82) is 0 Å². The molecule has 0 aromatic rings. The molecule has 0 spiro atoms. The van der Waals surface area contributed by atoms with E-state index in [1.807, 2.05) is 12.2 Å². The zero-order valence-electron chi connectivity index (χ0n) is 20.7. The van der Waals surface area contributed by atoms with E-state index in [1.165, 1.54) is 20.0 Å². The second-order valence-corrected chi connectivity index (χ2v) is 10.1. The van der Waals surface area contributed by atoms with Crippen molar-refractivity contribution >= 4 is 17.7 Å². The molecule has 0 amide bonds. The molecule has 1 aliphatic carbocycles. The molecule has 0 bridgehead atoms. The highest BCUT2D eigenvalue weighted by molar-refractivity contribution is 8.03. The molecular weight excluding hydrogens is 424 g/mol. The van der Waals surface area contributed by atoms with Gasteiger partial charge in [0.05, 0.1) is 25.9 Å². The first-order chi connectivity index (χ1) is 15.4. The number of rotatable bonds is 18. The minimum atomic E-state index is -0.505. The van der Waals surface area contributed by atoms with Gasteiger partial charge < -0.3 is 19.7 Å². The fourth-order valence-electron chi connectivity index (χ4n) is 3.88. The highest BCUT2D eigenvalue weighted by Crippen LogP contribution is 2.41. The second kappa shape index (κ2) is 17.5. The number of aliphatic hydroxyl groups excluding tert-OH is 2. The normalized spacial score (nSPS) is 20.7. The van der Waals surface area contributed by atoms with E-state index in [0.717, 1.165) is 61.4 Å². The molecule has 0 aromatic carbocycles. The summed E-state index contributed by atoms with van der Waals surface area (Å²) in [4.78, 5) is 12.3. The van der Waals surface area contributed by atoms with Crippen molar-refractivity contribution in [2.45, 2.75) is 104 Å². The number of unbranched alkanes of at least 4 members (excludes halogenated alkanes) is 4. The van der Waals surface area contributed by atoms with Crippen LogP contribution >= 0.6 is 11.8 Å². The molecule has 5 nitrogen and oxygen atoms in total. The zero-order chi connectivity index (χ0) is 23.8. The summed E-state index contributed by atoms with van der Waals surface area (Å²) in [5.41, 5.74) is 0. The maximum absolute atomic E-state index is 11.2. The summed E-state index contributed by atoms with van der Waals surface area (Å²) in [5, 5.41) is 21.2. The number of esters is 1. The molecule has 186 valence electrons. The van der Waals surface area contributed by atoms with Gasteiger partial charge in [-0.15, -0.1) is 11.8 Å². The lowest BCUT2D eigenvalue weighted by Gasteiger charge is -2.17. The number of hydrogen-bond donors (Lipinski definition) is 2. The van der Waals surface area contributed by atoms with Gasteiger partial charge >= 0.3 is 5.97 Å². The molecule has 0 saturated heterocycles. The minimum Gasteiger partial charge on any atom is -0.497 e. The van der Waals surface area contributed by atoms with Crippen molar-refractivity contribution in [1.82, 2.24) is 0 Å². The Hall–Kier alpha value is -0.980. The van der Waals surface area contributed by atoms with Gasteiger partial charge in [0, 0.05) is 23.7 Å². The average molecular weight is 471 g/mol. The van der Waals surface area contributed by atoms with Gasteiger partial charge in [-0.3, -0.25) is 4.79 Å². The standard InChI is InChI=1S/C26H46O5S/c1-5-7-12-20(3)18-21(27)14-15-22-23(28)19-24(31-16-8-6-2)26(22)32-17-11-9-10-13-25(29)30-4/h14-15,20-23,27-28H,5-13,16-19H2,1-4H3/t20-,21+,22-,23+/m0/s1. The second-order valence-electron chi connectivity index (χ2n) is 8.96. The monoisotopic (exact) mass is 470 g/mol. The number of thioether (sulfide) groups is 1. The molecule has 0 aromatic heterocycles. The summed E-state index contributed by atoms with van der Waals surface area (Å²) in [6.45, 7) is 7.20. The lowest BCUT2D eigenvalue weighted by Crippen LogP contribution is -2.15. The lowest BCUT2D eigenvalue weighted by molar-refractivity contribution is -0.140. The molecule has 0 fully saturated rings. The molecule has 0 aliphatic heterocycles. The van der Waals surface area contributed by atoms with E-state index in [4.69, 9.17) is 9.47 Å². The van der Waals surface area contributed by atoms with Gasteiger partial charge in [-0.2, -0.15) is 0 Å². The average Bonchev–Trinajstić information content (AvgIpc) is 3.07. The third-order valence-corrected chi connectivity index (χ3v) is 7.21. The SMILES string of the molecule is CCCCOC1=C(SCCCCCC(=O)OC)[C@@H](C=C[C@@H](O)C[C@@H](C)CCCC)[C@H](O)C1. The lowest BCUT2D eigenvalue weighted by atomic mass is 9.96. The molecule has 6 heteroatoms. The van der Waals surface area contributed by atoms with Crippen molar-refractivity contribution in [3.05, 3.63) is 22.8 Å². The first-order valence-electron chi connectivity index (χ1n) is 12.5. The number of methoxy groups -OCH3 is 1. The van der Waals surface area contributed by atoms with Crippen LogP contribution in [0, 0.1) is 11.8 Å². The van der Waals surface area contributed by atoms with Crippen LogP contribution in [0.2, 0.25) is 0 Å². The van der Waals surface area contributed by atoms with E-state index in [-0.39, 0.29) is 11.9 Å². The molecular formula is C26H46O5S. The van der Waals surface area contributed by atoms with Gasteiger partial charge in [-0.05, 0) is 37.4 Å². The number of ether oxygens (including phenoxy) is 2. The van der Waals surface area contributed by atoms with Gasteiger partial charge in [0.25, 0.3) is 0 Å². The van der Waals surface area contributed by atoms with Gasteiger partial charge in [0.1, 0.15) is 5.76 Å². The highest BCUT2D eigenvalue weighted by atomic mass is 32.2. The summed E-state index contributed by atoms with van der Waals surface area (Å²) in [7, 11) is 1.42. The minimum absolute atomic E-state index is 0.118. The third-order valence-electron chi connectivity index (χ3n) is 5.91. The molecule has 0 heterocycles. The van der Waals surface area contributed by atoms with Gasteiger partial charge in [0.15, 0.2) is 0 Å². The van der Waals surface area contributed by atoms with Crippen molar-refractivity contribution in [3.63, 3.8) is 0 Å². The van der Waals surface area contributed by atoms with E-state index in [1.54, 1.807) is 11.8 Å². The van der Waals surface area contributed by atoms with Crippen molar-refractivity contribution in [3.8, 4) is 0 Å². The Morgan fingerprint density at radius 2 is 1.94 bits per heavy atom. The predicted octanol–water partition coefficient (Wildman–Crippen LogP) is 6.00. The summed E-state index contributed by atoms with van der Waals surface area (Å²) in [6, 6.07) is 0. The molecule has 4 atom stereocenters. The Kier molecular flexibility index (Phi) is 15.9. The smallest absolute Gasteiger partial charge is 0.305 e. The van der Waals surface area contributed by atoms with Crippen LogP contribution in [0.5, 0.6) is 0 Å². The zero-order valence-corrected chi connectivity index (χ0v) is 21.5. The first-order valence-corrected chi connectivity index (χ1v) is 13.5. The van der Waals surface area contributed by atoms with E-state index < -0.39 is 12.2 Å². The molecule has 1 rings (SSSR count). The fourth-order valence-corrected chi connectivity index (χ4v) is 5.18. The van der Waals surface area contributed by atoms with Gasteiger partial charge in [-0.25, -0.2) is 0 Å². The highest BCUT2D eigenvalue weighted by Gasteiger charge is 2.33. The molecule has 2 N–H and O–H groups in total. The molecule has 0 unspecified atom stereocenters. The van der Waals surface area contributed by atoms with Crippen LogP contribution in [0.15, 0.2) is 22.8 Å². The van der Waals surface area contributed by atoms with Crippen LogP contribution < -0.4 is 0 Å². The van der Waals surface area contributed by atoms with E-state index >= 15 is 0 Å². The third kappa shape index (κ3) is 11.8. The van der Waals surface area contributed by atoms with E-state index in [9.17, 15) is 15.0 Å². The van der Waals surface area contributed by atoms with E-state index in [0.29, 0.717) is 25.4 Å². The van der Waals surface area contributed by atoms with Crippen molar-refractivity contribution in [2.75, 3.05) is 19.5 Å². The number of carbonyl (C=O) groups is 1. The van der Waals surface area contributed by atoms with Crippen LogP contribution in [0.1, 0.15) is 91.4 Å². The Balaban J connectivity index is 2.66. The number of aliphatic hydroxyl groups is 2. The molecule has 32 heavy (non-hydrogen) atoms. The Morgan fingerprint density at radius 3 is 2.62 bits per heavy atom. The molecule has 0 saturated carbocycles. The Bertz CT molecular complexity index is 575. The van der Waals surface area contributed by atoms with Crippen LogP contribution in [-0.2, 0) is 14.3 Å². The quantitative estimate of drug-likeness (QED) is 0.145. The Morgan fingerprint density at radius 1 is 1.19 bits per heavy atom. The maximum atomic E-state index is 11.2. The van der Waals surface area contributed by atoms with Crippen LogP contribution in [0.4, 0.5) is 0 Å². The van der Waals surface area contributed by atoms with Crippen LogP contribution in [0.3, 0.4) is 0 Å². The maximum Gasteiger partial charge on any atom is 0.305 e.